The van der Waals surface area contributed by atoms with Gasteiger partial charge in [0.15, 0.2) is 5.82 Å². The van der Waals surface area contributed by atoms with Gasteiger partial charge >= 0.3 is 6.18 Å². The Balaban J connectivity index is 2.33. The third-order valence-corrected chi connectivity index (χ3v) is 3.59. The Morgan fingerprint density at radius 2 is 1.94 bits per heavy atom. The molecule has 2 rings (SSSR count). The van der Waals surface area contributed by atoms with Crippen molar-refractivity contribution in [2.24, 2.45) is 5.92 Å². The second-order valence-electron chi connectivity index (χ2n) is 5.20. The fraction of sp³-hybridized carbons (Fsp3) is 0.818. The van der Waals surface area contributed by atoms with E-state index in [1.165, 1.54) is 0 Å². The normalized spacial score (nSPS) is 20.9. The van der Waals surface area contributed by atoms with Gasteiger partial charge in [-0.2, -0.15) is 13.2 Å². The maximum atomic E-state index is 12.8. The van der Waals surface area contributed by atoms with Gasteiger partial charge in [-0.15, -0.1) is 10.2 Å². The minimum atomic E-state index is -4.15. The molecule has 0 aromatic carbocycles. The lowest BCUT2D eigenvalue weighted by atomic mass is 9.97. The highest BCUT2D eigenvalue weighted by molar-refractivity contribution is 5.09. The Morgan fingerprint density at radius 3 is 2.50 bits per heavy atom. The van der Waals surface area contributed by atoms with Crippen LogP contribution in [0, 0.1) is 5.92 Å². The fourth-order valence-corrected chi connectivity index (χ4v) is 2.17. The first-order valence-corrected chi connectivity index (χ1v) is 5.94. The largest absolute Gasteiger partial charge is 0.393 e. The number of rotatable bonds is 2. The van der Waals surface area contributed by atoms with Crippen LogP contribution in [-0.2, 0) is 18.5 Å². The minimum Gasteiger partial charge on any atom is -0.313 e. The molecule has 0 aliphatic carbocycles. The second-order valence-corrected chi connectivity index (χ2v) is 5.20. The molecule has 2 heterocycles. The molecule has 0 bridgehead atoms. The van der Waals surface area contributed by atoms with Crippen LogP contribution in [0.25, 0.3) is 0 Å². The smallest absolute Gasteiger partial charge is 0.313 e. The molecule has 4 nitrogen and oxygen atoms in total. The molecule has 102 valence electrons. The Labute approximate surface area is 104 Å². The molecule has 0 saturated heterocycles. The van der Waals surface area contributed by atoms with Crippen molar-refractivity contribution in [1.82, 2.24) is 20.1 Å². The second kappa shape index (κ2) is 4.22. The molecule has 7 heteroatoms. The zero-order valence-electron chi connectivity index (χ0n) is 10.7. The van der Waals surface area contributed by atoms with Crippen LogP contribution < -0.4 is 5.32 Å². The Kier molecular flexibility index (Phi) is 3.12. The van der Waals surface area contributed by atoms with Crippen LogP contribution in [0.4, 0.5) is 13.2 Å². The number of alkyl halides is 3. The highest BCUT2D eigenvalue weighted by Crippen LogP contribution is 2.35. The van der Waals surface area contributed by atoms with Crippen LogP contribution in [0.3, 0.4) is 0 Å². The lowest BCUT2D eigenvalue weighted by molar-refractivity contribution is -0.182. The topological polar surface area (TPSA) is 42.7 Å². The van der Waals surface area contributed by atoms with E-state index >= 15 is 0 Å². The standard InChI is InChI=1S/C11H17F3N4/c1-10(2,15-3)9-17-16-8-5-4-7(6-18(8)9)11(12,13)14/h7,15H,4-6H2,1-3H3. The van der Waals surface area contributed by atoms with Crippen molar-refractivity contribution in [1.29, 1.82) is 0 Å². The molecule has 1 N–H and O–H groups in total. The molecule has 1 aromatic heterocycles. The lowest BCUT2D eigenvalue weighted by Gasteiger charge is -2.30. The van der Waals surface area contributed by atoms with Crippen LogP contribution in [0.1, 0.15) is 31.9 Å². The van der Waals surface area contributed by atoms with Crippen LogP contribution in [0.2, 0.25) is 0 Å². The summed E-state index contributed by atoms with van der Waals surface area (Å²) >= 11 is 0. The molecular formula is C11H17F3N4. The average Bonchev–Trinajstić information content (AvgIpc) is 2.71. The van der Waals surface area contributed by atoms with Crippen molar-refractivity contribution in [3.05, 3.63) is 11.6 Å². The number of aryl methyl sites for hydroxylation is 1. The van der Waals surface area contributed by atoms with E-state index in [1.807, 2.05) is 13.8 Å². The SMILES string of the molecule is CNC(C)(C)c1nnc2n1CC(C(F)(F)F)CC2. The molecular weight excluding hydrogens is 245 g/mol. The van der Waals surface area contributed by atoms with Crippen LogP contribution in [-0.4, -0.2) is 28.0 Å². The predicted octanol–water partition coefficient (Wildman–Crippen LogP) is 1.86. The molecule has 1 aliphatic heterocycles. The van der Waals surface area contributed by atoms with E-state index in [1.54, 1.807) is 11.6 Å². The third-order valence-electron chi connectivity index (χ3n) is 3.59. The summed E-state index contributed by atoms with van der Waals surface area (Å²) in [6.07, 6.45) is -3.72. The molecule has 0 saturated carbocycles. The van der Waals surface area contributed by atoms with Gasteiger partial charge in [-0.05, 0) is 27.3 Å². The number of hydrogen-bond acceptors (Lipinski definition) is 3. The highest BCUT2D eigenvalue weighted by atomic mass is 19.4. The van der Waals surface area contributed by atoms with Gasteiger partial charge in [0, 0.05) is 13.0 Å². The van der Waals surface area contributed by atoms with E-state index in [9.17, 15) is 13.2 Å². The van der Waals surface area contributed by atoms with Crippen molar-refractivity contribution in [3.63, 3.8) is 0 Å². The first kappa shape index (κ1) is 13.3. The van der Waals surface area contributed by atoms with Gasteiger partial charge in [0.1, 0.15) is 5.82 Å². The van der Waals surface area contributed by atoms with E-state index in [4.69, 9.17) is 0 Å². The number of halogens is 3. The molecule has 1 atom stereocenters. The Morgan fingerprint density at radius 1 is 1.28 bits per heavy atom. The van der Waals surface area contributed by atoms with E-state index in [2.05, 4.69) is 15.5 Å². The molecule has 18 heavy (non-hydrogen) atoms. The number of nitrogens with one attached hydrogen (secondary N) is 1. The maximum Gasteiger partial charge on any atom is 0.393 e. The van der Waals surface area contributed by atoms with Gasteiger partial charge in [-0.1, -0.05) is 0 Å². The molecule has 1 aromatic rings. The van der Waals surface area contributed by atoms with E-state index < -0.39 is 17.6 Å². The summed E-state index contributed by atoms with van der Waals surface area (Å²) in [7, 11) is 1.76. The Bertz CT molecular complexity index is 436. The van der Waals surface area contributed by atoms with Crippen molar-refractivity contribution in [2.75, 3.05) is 7.05 Å². The maximum absolute atomic E-state index is 12.8. The first-order valence-electron chi connectivity index (χ1n) is 5.94. The minimum absolute atomic E-state index is 0.0771. The van der Waals surface area contributed by atoms with Gasteiger partial charge in [-0.3, -0.25) is 0 Å². The van der Waals surface area contributed by atoms with Gasteiger partial charge < -0.3 is 9.88 Å². The van der Waals surface area contributed by atoms with Gasteiger partial charge in [0.2, 0.25) is 0 Å². The molecule has 0 radical (unpaired) electrons. The monoisotopic (exact) mass is 262 g/mol. The lowest BCUT2D eigenvalue weighted by Crippen LogP contribution is -2.39. The Hall–Kier alpha value is -1.11. The molecule has 0 amide bonds. The summed E-state index contributed by atoms with van der Waals surface area (Å²) < 4.78 is 40.0. The highest BCUT2D eigenvalue weighted by Gasteiger charge is 2.43. The average molecular weight is 262 g/mol. The fourth-order valence-electron chi connectivity index (χ4n) is 2.17. The van der Waals surface area contributed by atoms with E-state index in [-0.39, 0.29) is 13.0 Å². The van der Waals surface area contributed by atoms with Crippen LogP contribution in [0.5, 0.6) is 0 Å². The van der Waals surface area contributed by atoms with Crippen molar-refractivity contribution < 1.29 is 13.2 Å². The zero-order valence-corrected chi connectivity index (χ0v) is 10.7. The van der Waals surface area contributed by atoms with Crippen molar-refractivity contribution >= 4 is 0 Å². The van der Waals surface area contributed by atoms with E-state index in [0.717, 1.165) is 0 Å². The number of nitrogens with zero attached hydrogens (tertiary/aromatic N) is 3. The van der Waals surface area contributed by atoms with Gasteiger partial charge in [-0.25, -0.2) is 0 Å². The third kappa shape index (κ3) is 2.23. The summed E-state index contributed by atoms with van der Waals surface area (Å²) in [6.45, 7) is 3.68. The summed E-state index contributed by atoms with van der Waals surface area (Å²) in [5.41, 5.74) is -0.487. The van der Waals surface area contributed by atoms with E-state index in [0.29, 0.717) is 18.1 Å². The first-order chi connectivity index (χ1) is 8.25. The van der Waals surface area contributed by atoms with Gasteiger partial charge in [0.25, 0.3) is 0 Å². The summed E-state index contributed by atoms with van der Waals surface area (Å²) in [4.78, 5) is 0. The predicted molar refractivity (Wildman–Crippen MR) is 60.0 cm³/mol. The van der Waals surface area contributed by atoms with Crippen molar-refractivity contribution in [3.8, 4) is 0 Å². The summed E-state index contributed by atoms with van der Waals surface area (Å²) in [6, 6.07) is 0. The quantitative estimate of drug-likeness (QED) is 0.884. The number of hydrogen-bond donors (Lipinski definition) is 1. The number of aromatic nitrogens is 3. The summed E-state index contributed by atoms with van der Waals surface area (Å²) in [5, 5.41) is 11.1. The van der Waals surface area contributed by atoms with Crippen molar-refractivity contribution in [2.45, 2.75) is 44.9 Å². The van der Waals surface area contributed by atoms with Crippen LogP contribution >= 0.6 is 0 Å². The zero-order chi connectivity index (χ0) is 13.6. The number of fused-ring (bicyclic) bond motifs is 1. The molecule has 1 aliphatic rings. The van der Waals surface area contributed by atoms with Crippen LogP contribution in [0.15, 0.2) is 0 Å². The molecule has 1 unspecified atom stereocenters. The summed E-state index contributed by atoms with van der Waals surface area (Å²) in [5.74, 6) is -0.0878. The molecule has 0 fully saturated rings. The van der Waals surface area contributed by atoms with Gasteiger partial charge in [0.05, 0.1) is 11.5 Å². The molecule has 0 spiro atoms.